The number of amides is 1. The highest BCUT2D eigenvalue weighted by Gasteiger charge is 2.26. The maximum absolute atomic E-state index is 12.6. The van der Waals surface area contributed by atoms with Gasteiger partial charge in [-0.15, -0.1) is 0 Å². The maximum atomic E-state index is 12.6. The first-order chi connectivity index (χ1) is 12.4. The molecule has 1 N–H and O–H groups in total. The van der Waals surface area contributed by atoms with Gasteiger partial charge in [-0.2, -0.15) is 5.26 Å². The lowest BCUT2D eigenvalue weighted by Crippen LogP contribution is -2.36. The van der Waals surface area contributed by atoms with Crippen LogP contribution >= 0.6 is 15.9 Å². The van der Waals surface area contributed by atoms with Crippen molar-refractivity contribution >= 4 is 31.7 Å². The number of nitriles is 1. The molecule has 0 radical (unpaired) electrons. The quantitative estimate of drug-likeness (QED) is 0.646. The Bertz CT molecular complexity index is 893. The van der Waals surface area contributed by atoms with Crippen LogP contribution in [-0.2, 0) is 26.8 Å². The van der Waals surface area contributed by atoms with Gasteiger partial charge >= 0.3 is 0 Å². The molecule has 2 aromatic carbocycles. The van der Waals surface area contributed by atoms with Crippen LogP contribution in [0.3, 0.4) is 0 Å². The molecule has 0 saturated heterocycles. The van der Waals surface area contributed by atoms with Gasteiger partial charge in [0.05, 0.1) is 23.5 Å². The molecule has 5 nitrogen and oxygen atoms in total. The van der Waals surface area contributed by atoms with Crippen molar-refractivity contribution in [1.29, 1.82) is 5.26 Å². The molecule has 0 heterocycles. The average molecular weight is 435 g/mol. The van der Waals surface area contributed by atoms with Crippen molar-refractivity contribution in [2.45, 2.75) is 12.2 Å². The first-order valence-electron chi connectivity index (χ1n) is 8.03. The number of rotatable bonds is 8. The van der Waals surface area contributed by atoms with E-state index in [1.807, 2.05) is 36.4 Å². The largest absolute Gasteiger partial charge is 0.343 e. The highest BCUT2D eigenvalue weighted by atomic mass is 79.9. The molecular formula is C19H19BrN2O3S. The number of nitrogens with zero attached hydrogens (tertiary/aromatic N) is 1. The molecule has 0 fully saturated rings. The molecule has 26 heavy (non-hydrogen) atoms. The zero-order chi connectivity index (χ0) is 19.0. The second-order valence-corrected chi connectivity index (χ2v) is 8.97. The normalized spacial score (nSPS) is 12.2. The highest BCUT2D eigenvalue weighted by molar-refractivity contribution is 9.10. The summed E-state index contributed by atoms with van der Waals surface area (Å²) < 4.78 is 26.0. The van der Waals surface area contributed by atoms with Crippen LogP contribution in [-0.4, -0.2) is 26.6 Å². The predicted molar refractivity (Wildman–Crippen MR) is 104 cm³/mol. The third kappa shape index (κ3) is 6.62. The third-order valence-corrected chi connectivity index (χ3v) is 5.94. The van der Waals surface area contributed by atoms with Crippen LogP contribution in [0.4, 0.5) is 0 Å². The minimum absolute atomic E-state index is 0.117. The van der Waals surface area contributed by atoms with Gasteiger partial charge in [-0.1, -0.05) is 58.4 Å². The van der Waals surface area contributed by atoms with Crippen LogP contribution in [0.25, 0.3) is 0 Å². The van der Waals surface area contributed by atoms with E-state index in [0.717, 1.165) is 10.0 Å². The van der Waals surface area contributed by atoms with Crippen LogP contribution in [0.5, 0.6) is 0 Å². The molecule has 136 valence electrons. The van der Waals surface area contributed by atoms with Crippen molar-refractivity contribution in [2.75, 3.05) is 12.3 Å². The maximum Gasteiger partial charge on any atom is 0.225 e. The fourth-order valence-corrected chi connectivity index (χ4v) is 4.79. The van der Waals surface area contributed by atoms with E-state index in [1.165, 1.54) is 0 Å². The van der Waals surface area contributed by atoms with Crippen molar-refractivity contribution in [1.82, 2.24) is 5.32 Å². The molecule has 0 saturated carbocycles. The van der Waals surface area contributed by atoms with E-state index in [-0.39, 0.29) is 24.5 Å². The molecular weight excluding hydrogens is 416 g/mol. The van der Waals surface area contributed by atoms with Crippen molar-refractivity contribution in [3.05, 3.63) is 70.2 Å². The number of hydrogen-bond acceptors (Lipinski definition) is 4. The van der Waals surface area contributed by atoms with Crippen LogP contribution in [0.2, 0.25) is 0 Å². The number of benzene rings is 2. The topological polar surface area (TPSA) is 87.0 Å². The SMILES string of the molecule is N#CCNC(=O)C(Cc1cccc(Br)c1)CS(=O)(=O)Cc1ccccc1. The van der Waals surface area contributed by atoms with E-state index in [2.05, 4.69) is 21.2 Å². The molecule has 0 aromatic heterocycles. The van der Waals surface area contributed by atoms with E-state index in [9.17, 15) is 13.2 Å². The van der Waals surface area contributed by atoms with Crippen molar-refractivity contribution in [3.8, 4) is 6.07 Å². The number of nitrogens with one attached hydrogen (secondary N) is 1. The van der Waals surface area contributed by atoms with Gasteiger partial charge in [-0.3, -0.25) is 4.79 Å². The summed E-state index contributed by atoms with van der Waals surface area (Å²) in [7, 11) is -3.49. The number of halogens is 1. The number of carbonyl (C=O) groups is 1. The zero-order valence-electron chi connectivity index (χ0n) is 14.1. The molecule has 2 aromatic rings. The van der Waals surface area contributed by atoms with E-state index < -0.39 is 21.7 Å². The fraction of sp³-hybridized carbons (Fsp3) is 0.263. The van der Waals surface area contributed by atoms with Gasteiger partial charge in [0, 0.05) is 4.47 Å². The lowest BCUT2D eigenvalue weighted by Gasteiger charge is -2.16. The second kappa shape index (κ2) is 9.51. The second-order valence-electron chi connectivity index (χ2n) is 5.95. The van der Waals surface area contributed by atoms with Crippen LogP contribution in [0, 0.1) is 17.2 Å². The van der Waals surface area contributed by atoms with Crippen LogP contribution in [0.1, 0.15) is 11.1 Å². The summed E-state index contributed by atoms with van der Waals surface area (Å²) in [6.45, 7) is -0.146. The molecule has 0 bridgehead atoms. The Kier molecular flexibility index (Phi) is 7.37. The average Bonchev–Trinajstić information content (AvgIpc) is 2.59. The lowest BCUT2D eigenvalue weighted by atomic mass is 10.0. The number of sulfone groups is 1. The Hall–Kier alpha value is -2.17. The Morgan fingerprint density at radius 1 is 1.12 bits per heavy atom. The van der Waals surface area contributed by atoms with Gasteiger partial charge in [0.25, 0.3) is 0 Å². The summed E-state index contributed by atoms with van der Waals surface area (Å²) in [5, 5.41) is 11.1. The Morgan fingerprint density at radius 3 is 2.46 bits per heavy atom. The van der Waals surface area contributed by atoms with Crippen molar-refractivity contribution < 1.29 is 13.2 Å². The fourth-order valence-electron chi connectivity index (χ4n) is 2.64. The minimum atomic E-state index is -3.49. The van der Waals surface area contributed by atoms with Gasteiger partial charge in [0.2, 0.25) is 5.91 Å². The van der Waals surface area contributed by atoms with E-state index >= 15 is 0 Å². The summed E-state index contributed by atoms with van der Waals surface area (Å²) in [6.07, 6.45) is 0.282. The third-order valence-electron chi connectivity index (χ3n) is 3.77. The van der Waals surface area contributed by atoms with Crippen molar-refractivity contribution in [2.24, 2.45) is 5.92 Å². The van der Waals surface area contributed by atoms with E-state index in [0.29, 0.717) is 5.56 Å². The summed E-state index contributed by atoms with van der Waals surface area (Å²) in [4.78, 5) is 12.4. The highest BCUT2D eigenvalue weighted by Crippen LogP contribution is 2.18. The lowest BCUT2D eigenvalue weighted by molar-refractivity contribution is -0.124. The van der Waals surface area contributed by atoms with Gasteiger partial charge in [0.1, 0.15) is 6.54 Å². The number of hydrogen-bond donors (Lipinski definition) is 1. The smallest absolute Gasteiger partial charge is 0.225 e. The van der Waals surface area contributed by atoms with E-state index in [4.69, 9.17) is 5.26 Å². The van der Waals surface area contributed by atoms with Crippen molar-refractivity contribution in [3.63, 3.8) is 0 Å². The van der Waals surface area contributed by atoms with Gasteiger partial charge in [-0.05, 0) is 29.7 Å². The van der Waals surface area contributed by atoms with Gasteiger partial charge < -0.3 is 5.32 Å². The summed E-state index contributed by atoms with van der Waals surface area (Å²) in [6, 6.07) is 18.1. The van der Waals surface area contributed by atoms with Crippen LogP contribution < -0.4 is 5.32 Å². The van der Waals surface area contributed by atoms with E-state index in [1.54, 1.807) is 24.3 Å². The minimum Gasteiger partial charge on any atom is -0.343 e. The monoisotopic (exact) mass is 434 g/mol. The molecule has 0 spiro atoms. The zero-order valence-corrected chi connectivity index (χ0v) is 16.5. The Labute approximate surface area is 162 Å². The number of carbonyl (C=O) groups excluding carboxylic acids is 1. The van der Waals surface area contributed by atoms with Crippen LogP contribution in [0.15, 0.2) is 59.1 Å². The molecule has 0 aliphatic heterocycles. The summed E-state index contributed by atoms with van der Waals surface area (Å²) >= 11 is 3.37. The van der Waals surface area contributed by atoms with Gasteiger partial charge in [0.15, 0.2) is 9.84 Å². The first-order valence-corrected chi connectivity index (χ1v) is 10.6. The molecule has 7 heteroatoms. The first kappa shape index (κ1) is 20.1. The molecule has 2 rings (SSSR count). The van der Waals surface area contributed by atoms with Gasteiger partial charge in [-0.25, -0.2) is 8.42 Å². The summed E-state index contributed by atoms with van der Waals surface area (Å²) in [5.41, 5.74) is 1.54. The predicted octanol–water partition coefficient (Wildman–Crippen LogP) is 2.86. The molecule has 1 atom stereocenters. The Morgan fingerprint density at radius 2 is 1.81 bits per heavy atom. The summed E-state index contributed by atoms with van der Waals surface area (Å²) in [5.74, 6) is -1.57. The molecule has 0 aliphatic carbocycles. The molecule has 1 amide bonds. The molecule has 1 unspecified atom stereocenters. The standard InChI is InChI=1S/C19H19BrN2O3S/c20-18-8-4-7-16(12-18)11-17(19(23)22-10-9-21)14-26(24,25)13-15-5-2-1-3-6-15/h1-8,12,17H,10-11,13-14H2,(H,22,23). The molecule has 0 aliphatic rings. The Balaban J connectivity index is 2.17.